The van der Waals surface area contributed by atoms with Crippen molar-refractivity contribution in [2.75, 3.05) is 20.1 Å². The lowest BCUT2D eigenvalue weighted by molar-refractivity contribution is 0.0390. The van der Waals surface area contributed by atoms with Gasteiger partial charge in [-0.15, -0.1) is 0 Å². The minimum absolute atomic E-state index is 0.567. The van der Waals surface area contributed by atoms with E-state index >= 15 is 0 Å². The van der Waals surface area contributed by atoms with Gasteiger partial charge in [0.05, 0.1) is 5.60 Å². The molecule has 0 aromatic heterocycles. The predicted molar refractivity (Wildman–Crippen MR) is 62.6 cm³/mol. The van der Waals surface area contributed by atoms with Gasteiger partial charge in [-0.25, -0.2) is 0 Å². The van der Waals surface area contributed by atoms with Crippen LogP contribution in [0.15, 0.2) is 12.2 Å². The van der Waals surface area contributed by atoms with Gasteiger partial charge in [-0.3, -0.25) is 0 Å². The molecule has 2 nitrogen and oxygen atoms in total. The number of fused-ring (bicyclic) bond motifs is 2. The maximum absolute atomic E-state index is 9.74. The van der Waals surface area contributed by atoms with Crippen LogP contribution in [0.2, 0.25) is 0 Å². The number of hydrogen-bond donors (Lipinski definition) is 1. The lowest BCUT2D eigenvalue weighted by atomic mass is 9.93. The van der Waals surface area contributed by atoms with E-state index in [2.05, 4.69) is 24.1 Å². The van der Waals surface area contributed by atoms with Crippen LogP contribution in [0.4, 0.5) is 0 Å². The van der Waals surface area contributed by atoms with Crippen molar-refractivity contribution < 1.29 is 5.11 Å². The second kappa shape index (κ2) is 3.91. The van der Waals surface area contributed by atoms with E-state index in [0.717, 1.165) is 30.8 Å². The molecular weight excluding hydrogens is 186 g/mol. The van der Waals surface area contributed by atoms with Gasteiger partial charge < -0.3 is 10.0 Å². The number of rotatable bonds is 4. The molecule has 1 N–H and O–H groups in total. The summed E-state index contributed by atoms with van der Waals surface area (Å²) in [4.78, 5) is 2.28. The fraction of sp³-hybridized carbons (Fsp3) is 0.846. The van der Waals surface area contributed by atoms with Crippen molar-refractivity contribution in [1.29, 1.82) is 0 Å². The molecule has 0 saturated heterocycles. The van der Waals surface area contributed by atoms with Gasteiger partial charge in [0, 0.05) is 13.1 Å². The van der Waals surface area contributed by atoms with Crippen LogP contribution in [0, 0.1) is 17.8 Å². The Bertz CT molecular complexity index is 254. The Hall–Kier alpha value is -0.340. The third kappa shape index (κ3) is 2.82. The molecule has 2 rings (SSSR count). The van der Waals surface area contributed by atoms with Crippen LogP contribution >= 0.6 is 0 Å². The summed E-state index contributed by atoms with van der Waals surface area (Å²) >= 11 is 0. The van der Waals surface area contributed by atoms with Crippen LogP contribution in [0.25, 0.3) is 0 Å². The smallest absolute Gasteiger partial charge is 0.0718 e. The van der Waals surface area contributed by atoms with Gasteiger partial charge in [-0.2, -0.15) is 0 Å². The Morgan fingerprint density at radius 2 is 2.07 bits per heavy atom. The minimum atomic E-state index is -0.567. The first-order chi connectivity index (χ1) is 6.94. The van der Waals surface area contributed by atoms with Gasteiger partial charge in [0.25, 0.3) is 0 Å². The molecule has 2 bridgehead atoms. The van der Waals surface area contributed by atoms with Crippen molar-refractivity contribution in [2.24, 2.45) is 17.8 Å². The zero-order valence-corrected chi connectivity index (χ0v) is 10.1. The number of hydrogen-bond acceptors (Lipinski definition) is 2. The number of likely N-dealkylation sites (N-methyl/N-ethyl adjacent to an activating group) is 1. The highest BCUT2D eigenvalue weighted by atomic mass is 16.3. The van der Waals surface area contributed by atoms with E-state index in [-0.39, 0.29) is 0 Å². The Labute approximate surface area is 93.0 Å². The van der Waals surface area contributed by atoms with E-state index in [4.69, 9.17) is 0 Å². The standard InChI is InChI=1S/C13H23NO/c1-13(2,15)9-14(3)8-12-7-10-4-5-11(12)6-10/h4-5,10-12,15H,6-9H2,1-3H3. The number of nitrogens with zero attached hydrogens (tertiary/aromatic N) is 1. The van der Waals surface area contributed by atoms with Gasteiger partial charge in [0.1, 0.15) is 0 Å². The molecule has 0 spiro atoms. The average molecular weight is 209 g/mol. The fourth-order valence-electron chi connectivity index (χ4n) is 3.23. The molecule has 1 saturated carbocycles. The quantitative estimate of drug-likeness (QED) is 0.715. The van der Waals surface area contributed by atoms with E-state index in [1.54, 1.807) is 0 Å². The monoisotopic (exact) mass is 209 g/mol. The summed E-state index contributed by atoms with van der Waals surface area (Å²) in [5, 5.41) is 9.74. The van der Waals surface area contributed by atoms with Crippen molar-refractivity contribution in [3.05, 3.63) is 12.2 Å². The first-order valence-corrected chi connectivity index (χ1v) is 6.03. The van der Waals surface area contributed by atoms with E-state index in [1.165, 1.54) is 12.8 Å². The third-order valence-electron chi connectivity index (χ3n) is 3.62. The topological polar surface area (TPSA) is 23.5 Å². The Kier molecular flexibility index (Phi) is 2.91. The molecule has 2 aliphatic carbocycles. The molecule has 0 aliphatic heterocycles. The molecule has 0 aromatic rings. The first-order valence-electron chi connectivity index (χ1n) is 6.03. The van der Waals surface area contributed by atoms with Crippen LogP contribution < -0.4 is 0 Å². The van der Waals surface area contributed by atoms with Gasteiger partial charge in [-0.05, 0) is 51.5 Å². The normalized spacial score (nSPS) is 34.3. The van der Waals surface area contributed by atoms with Gasteiger partial charge in [0.2, 0.25) is 0 Å². The molecule has 86 valence electrons. The second-order valence-corrected chi connectivity index (χ2v) is 6.05. The lowest BCUT2D eigenvalue weighted by Crippen LogP contribution is -2.39. The SMILES string of the molecule is CN(CC1CC2C=CC1C2)CC(C)(C)O. The summed E-state index contributed by atoms with van der Waals surface area (Å²) in [6, 6.07) is 0. The van der Waals surface area contributed by atoms with Crippen LogP contribution in [0.1, 0.15) is 26.7 Å². The summed E-state index contributed by atoms with van der Waals surface area (Å²) in [6.07, 6.45) is 7.52. The van der Waals surface area contributed by atoms with E-state index in [1.807, 2.05) is 13.8 Å². The summed E-state index contributed by atoms with van der Waals surface area (Å²) in [7, 11) is 2.12. The predicted octanol–water partition coefficient (Wildman–Crippen LogP) is 1.90. The van der Waals surface area contributed by atoms with Crippen molar-refractivity contribution in [2.45, 2.75) is 32.3 Å². The Morgan fingerprint density at radius 1 is 1.33 bits per heavy atom. The number of allylic oxidation sites excluding steroid dienone is 2. The summed E-state index contributed by atoms with van der Waals surface area (Å²) in [5.74, 6) is 2.50. The van der Waals surface area contributed by atoms with Gasteiger partial charge in [0.15, 0.2) is 0 Å². The molecule has 2 heteroatoms. The summed E-state index contributed by atoms with van der Waals surface area (Å²) < 4.78 is 0. The van der Waals surface area contributed by atoms with Crippen molar-refractivity contribution in [1.82, 2.24) is 4.90 Å². The second-order valence-electron chi connectivity index (χ2n) is 6.05. The Balaban J connectivity index is 1.80. The maximum atomic E-state index is 9.74. The molecule has 0 heterocycles. The highest BCUT2D eigenvalue weighted by molar-refractivity contribution is 5.10. The van der Waals surface area contributed by atoms with Gasteiger partial charge in [-0.1, -0.05) is 12.2 Å². The minimum Gasteiger partial charge on any atom is -0.389 e. The zero-order valence-electron chi connectivity index (χ0n) is 10.1. The van der Waals surface area contributed by atoms with Crippen molar-refractivity contribution >= 4 is 0 Å². The van der Waals surface area contributed by atoms with E-state index < -0.39 is 5.60 Å². The average Bonchev–Trinajstić information content (AvgIpc) is 2.60. The molecule has 0 aromatic carbocycles. The molecule has 1 fully saturated rings. The lowest BCUT2D eigenvalue weighted by Gasteiger charge is -2.29. The highest BCUT2D eigenvalue weighted by Gasteiger charge is 2.36. The zero-order chi connectivity index (χ0) is 11.1. The first kappa shape index (κ1) is 11.2. The van der Waals surface area contributed by atoms with E-state index in [0.29, 0.717) is 0 Å². The van der Waals surface area contributed by atoms with Crippen molar-refractivity contribution in [3.63, 3.8) is 0 Å². The van der Waals surface area contributed by atoms with Crippen LogP contribution in [-0.4, -0.2) is 35.7 Å². The van der Waals surface area contributed by atoms with Gasteiger partial charge >= 0.3 is 0 Å². The van der Waals surface area contributed by atoms with E-state index in [9.17, 15) is 5.11 Å². The molecular formula is C13H23NO. The summed E-state index contributed by atoms with van der Waals surface area (Å²) in [6.45, 7) is 5.66. The Morgan fingerprint density at radius 3 is 2.53 bits per heavy atom. The molecule has 0 amide bonds. The fourth-order valence-corrected chi connectivity index (χ4v) is 3.23. The molecule has 2 aliphatic rings. The molecule has 3 atom stereocenters. The number of aliphatic hydroxyl groups is 1. The summed E-state index contributed by atoms with van der Waals surface area (Å²) in [5.41, 5.74) is -0.567. The maximum Gasteiger partial charge on any atom is 0.0718 e. The van der Waals surface area contributed by atoms with Crippen LogP contribution in [-0.2, 0) is 0 Å². The van der Waals surface area contributed by atoms with Crippen LogP contribution in [0.3, 0.4) is 0 Å². The molecule has 15 heavy (non-hydrogen) atoms. The molecule has 3 unspecified atom stereocenters. The largest absolute Gasteiger partial charge is 0.389 e. The molecule has 0 radical (unpaired) electrons. The van der Waals surface area contributed by atoms with Crippen molar-refractivity contribution in [3.8, 4) is 0 Å². The third-order valence-corrected chi connectivity index (χ3v) is 3.62. The van der Waals surface area contributed by atoms with Crippen LogP contribution in [0.5, 0.6) is 0 Å². The highest BCUT2D eigenvalue weighted by Crippen LogP contribution is 2.43.